The number of carbonyl (C=O) groups excluding carboxylic acids is 1. The van der Waals surface area contributed by atoms with Crippen LogP contribution in [0.1, 0.15) is 0 Å². The first-order chi connectivity index (χ1) is 13.2. The van der Waals surface area contributed by atoms with Gasteiger partial charge in [-0.2, -0.15) is 0 Å². The van der Waals surface area contributed by atoms with Crippen LogP contribution in [0.15, 0.2) is 42.5 Å². The smallest absolute Gasteiger partial charge is 0.484 e. The Kier molecular flexibility index (Phi) is 5.30. The molecule has 2 aromatic carbocycles. The van der Waals surface area contributed by atoms with E-state index in [0.717, 1.165) is 0 Å². The molecule has 0 unspecified atom stereocenters. The summed E-state index contributed by atoms with van der Waals surface area (Å²) in [6.45, 7) is -0.0793. The first-order valence-electron chi connectivity index (χ1n) is 8.15. The van der Waals surface area contributed by atoms with E-state index in [1.165, 1.54) is 29.2 Å². The molecular weight excluding hydrogens is 377 g/mol. The number of aromatic amines is 1. The quantitative estimate of drug-likeness (QED) is 0.667. The monoisotopic (exact) mass is 394 g/mol. The van der Waals surface area contributed by atoms with Gasteiger partial charge in [-0.3, -0.25) is 4.79 Å². The maximum Gasteiger partial charge on any atom is 0.573 e. The summed E-state index contributed by atoms with van der Waals surface area (Å²) in [5.41, 5.74) is 1.86. The van der Waals surface area contributed by atoms with Crippen molar-refractivity contribution in [1.29, 1.82) is 0 Å². The molecule has 3 aromatic rings. The molecule has 0 atom stereocenters. The number of halogens is 3. The second-order valence-electron chi connectivity index (χ2n) is 6.04. The first-order valence-corrected chi connectivity index (χ1v) is 8.15. The number of hydrogen-bond acceptors (Lipinski definition) is 5. The lowest BCUT2D eigenvalue weighted by molar-refractivity contribution is -0.274. The van der Waals surface area contributed by atoms with Crippen LogP contribution in [0.3, 0.4) is 0 Å². The molecule has 0 aliphatic carbocycles. The molecule has 0 saturated carbocycles. The molecule has 2 N–H and O–H groups in total. The zero-order valence-electron chi connectivity index (χ0n) is 15.0. The summed E-state index contributed by atoms with van der Waals surface area (Å²) in [5, 5.41) is 2.96. The Hall–Kier alpha value is -3.43. The number of ether oxygens (including phenoxy) is 2. The first kappa shape index (κ1) is 19.3. The van der Waals surface area contributed by atoms with Crippen molar-refractivity contribution in [3.63, 3.8) is 0 Å². The SMILES string of the molecule is CN(C)C(=O)COc1ccc2nc(Nc3ccc(OC(F)(F)F)cc3)[nH]c2c1. The Morgan fingerprint density at radius 3 is 2.46 bits per heavy atom. The lowest BCUT2D eigenvalue weighted by Gasteiger charge is -2.11. The average molecular weight is 394 g/mol. The van der Waals surface area contributed by atoms with Crippen molar-refractivity contribution in [3.05, 3.63) is 42.5 Å². The second kappa shape index (κ2) is 7.67. The fraction of sp³-hybridized carbons (Fsp3) is 0.222. The van der Waals surface area contributed by atoms with Gasteiger partial charge in [0.15, 0.2) is 6.61 Å². The number of fused-ring (bicyclic) bond motifs is 1. The number of alkyl halides is 3. The predicted molar refractivity (Wildman–Crippen MR) is 96.7 cm³/mol. The maximum atomic E-state index is 12.2. The van der Waals surface area contributed by atoms with Gasteiger partial charge in [-0.25, -0.2) is 4.98 Å². The molecule has 0 aliphatic heterocycles. The largest absolute Gasteiger partial charge is 0.573 e. The number of anilines is 2. The number of benzene rings is 2. The van der Waals surface area contributed by atoms with Crippen LogP contribution in [0, 0.1) is 0 Å². The molecule has 28 heavy (non-hydrogen) atoms. The zero-order chi connectivity index (χ0) is 20.3. The highest BCUT2D eigenvalue weighted by molar-refractivity contribution is 5.80. The van der Waals surface area contributed by atoms with Gasteiger partial charge in [0.1, 0.15) is 11.5 Å². The number of amides is 1. The van der Waals surface area contributed by atoms with Crippen LogP contribution < -0.4 is 14.8 Å². The Balaban J connectivity index is 1.68. The maximum absolute atomic E-state index is 12.2. The molecule has 0 fully saturated rings. The van der Waals surface area contributed by atoms with Crippen LogP contribution in [0.25, 0.3) is 11.0 Å². The summed E-state index contributed by atoms with van der Waals surface area (Å²) >= 11 is 0. The van der Waals surface area contributed by atoms with E-state index in [9.17, 15) is 18.0 Å². The van der Waals surface area contributed by atoms with Gasteiger partial charge in [-0.15, -0.1) is 13.2 Å². The Morgan fingerprint density at radius 1 is 1.14 bits per heavy atom. The molecule has 148 valence electrons. The summed E-state index contributed by atoms with van der Waals surface area (Å²) in [4.78, 5) is 20.4. The van der Waals surface area contributed by atoms with E-state index < -0.39 is 6.36 Å². The summed E-state index contributed by atoms with van der Waals surface area (Å²) in [7, 11) is 3.28. The highest BCUT2D eigenvalue weighted by atomic mass is 19.4. The van der Waals surface area contributed by atoms with Crippen LogP contribution in [0.4, 0.5) is 24.8 Å². The molecular formula is C18H17F3N4O3. The van der Waals surface area contributed by atoms with Gasteiger partial charge < -0.3 is 24.7 Å². The second-order valence-corrected chi connectivity index (χ2v) is 6.04. The number of nitrogens with one attached hydrogen (secondary N) is 2. The summed E-state index contributed by atoms with van der Waals surface area (Å²) < 4.78 is 45.9. The van der Waals surface area contributed by atoms with E-state index in [-0.39, 0.29) is 18.3 Å². The Bertz CT molecular complexity index is 968. The molecule has 10 heteroatoms. The molecule has 1 amide bonds. The topological polar surface area (TPSA) is 79.5 Å². The normalized spacial score (nSPS) is 11.3. The molecule has 1 aromatic heterocycles. The van der Waals surface area contributed by atoms with Crippen LogP contribution in [-0.4, -0.2) is 47.8 Å². The van der Waals surface area contributed by atoms with Gasteiger partial charge in [0, 0.05) is 25.8 Å². The van der Waals surface area contributed by atoms with E-state index in [2.05, 4.69) is 20.0 Å². The van der Waals surface area contributed by atoms with Crippen LogP contribution in [0.5, 0.6) is 11.5 Å². The molecule has 7 nitrogen and oxygen atoms in total. The minimum atomic E-state index is -4.73. The lowest BCUT2D eigenvalue weighted by atomic mass is 10.3. The average Bonchev–Trinajstić information content (AvgIpc) is 3.01. The third kappa shape index (κ3) is 5.06. The number of nitrogens with zero attached hydrogens (tertiary/aromatic N) is 2. The van der Waals surface area contributed by atoms with Crippen molar-refractivity contribution < 1.29 is 27.4 Å². The van der Waals surface area contributed by atoms with Gasteiger partial charge in [0.05, 0.1) is 11.0 Å². The molecule has 0 radical (unpaired) electrons. The fourth-order valence-corrected chi connectivity index (χ4v) is 2.29. The number of likely N-dealkylation sites (N-methyl/N-ethyl adjacent to an activating group) is 1. The van der Waals surface area contributed by atoms with Crippen LogP contribution in [-0.2, 0) is 4.79 Å². The van der Waals surface area contributed by atoms with Crippen molar-refractivity contribution in [1.82, 2.24) is 14.9 Å². The number of carbonyl (C=O) groups is 1. The number of H-pyrrole nitrogens is 1. The third-order valence-electron chi connectivity index (χ3n) is 3.67. The van der Waals surface area contributed by atoms with Gasteiger partial charge in [0.25, 0.3) is 5.91 Å². The van der Waals surface area contributed by atoms with Crippen molar-refractivity contribution >= 4 is 28.6 Å². The number of rotatable bonds is 6. The van der Waals surface area contributed by atoms with E-state index in [1.807, 2.05) is 0 Å². The molecule has 0 spiro atoms. The number of aromatic nitrogens is 2. The lowest BCUT2D eigenvalue weighted by Crippen LogP contribution is -2.27. The third-order valence-corrected chi connectivity index (χ3v) is 3.67. The van der Waals surface area contributed by atoms with E-state index >= 15 is 0 Å². The molecule has 0 saturated heterocycles. The highest BCUT2D eigenvalue weighted by Crippen LogP contribution is 2.26. The van der Waals surface area contributed by atoms with Crippen molar-refractivity contribution in [2.45, 2.75) is 6.36 Å². The van der Waals surface area contributed by atoms with Crippen LogP contribution in [0.2, 0.25) is 0 Å². The summed E-state index contributed by atoms with van der Waals surface area (Å²) in [6, 6.07) is 10.4. The predicted octanol–water partition coefficient (Wildman–Crippen LogP) is 3.67. The van der Waals surface area contributed by atoms with E-state index in [4.69, 9.17) is 4.74 Å². The summed E-state index contributed by atoms with van der Waals surface area (Å²) in [5.74, 6) is 0.439. The Morgan fingerprint density at radius 2 is 1.82 bits per heavy atom. The minimum Gasteiger partial charge on any atom is -0.484 e. The van der Waals surface area contributed by atoms with Crippen molar-refractivity contribution in [2.24, 2.45) is 0 Å². The van der Waals surface area contributed by atoms with E-state index in [0.29, 0.717) is 28.4 Å². The molecule has 3 rings (SSSR count). The minimum absolute atomic E-state index is 0.0793. The van der Waals surface area contributed by atoms with Gasteiger partial charge in [0.2, 0.25) is 5.95 Å². The number of hydrogen-bond donors (Lipinski definition) is 2. The van der Waals surface area contributed by atoms with Gasteiger partial charge in [-0.05, 0) is 36.4 Å². The highest BCUT2D eigenvalue weighted by Gasteiger charge is 2.30. The number of imidazole rings is 1. The Labute approximate surface area is 158 Å². The van der Waals surface area contributed by atoms with Gasteiger partial charge >= 0.3 is 6.36 Å². The standard InChI is InChI=1S/C18H17F3N4O3/c1-25(2)16(26)10-27-13-7-8-14-15(9-13)24-17(23-14)22-11-3-5-12(6-4-11)28-18(19,20)21/h3-9H,10H2,1-2H3,(H2,22,23,24). The zero-order valence-corrected chi connectivity index (χ0v) is 15.0. The van der Waals surface area contributed by atoms with Crippen LogP contribution >= 0.6 is 0 Å². The fourth-order valence-electron chi connectivity index (χ4n) is 2.29. The molecule has 0 bridgehead atoms. The molecule has 1 heterocycles. The summed E-state index contributed by atoms with van der Waals surface area (Å²) in [6.07, 6.45) is -4.73. The van der Waals surface area contributed by atoms with E-state index in [1.54, 1.807) is 32.3 Å². The van der Waals surface area contributed by atoms with Gasteiger partial charge in [-0.1, -0.05) is 0 Å². The van der Waals surface area contributed by atoms with Crippen molar-refractivity contribution in [3.8, 4) is 11.5 Å². The van der Waals surface area contributed by atoms with Crippen molar-refractivity contribution in [2.75, 3.05) is 26.0 Å². The molecule has 0 aliphatic rings.